The standard InChI is InChI=1S/C8H9NO2S/c1-3-7(10)6-5-12-8(9-6)4-11-2/h3,5H,1,4H2,2H3. The molecule has 0 spiro atoms. The molecule has 0 aliphatic carbocycles. The number of ketones is 1. The highest BCUT2D eigenvalue weighted by Gasteiger charge is 2.06. The van der Waals surface area contributed by atoms with Crippen molar-refractivity contribution in [3.8, 4) is 0 Å². The average molecular weight is 183 g/mol. The van der Waals surface area contributed by atoms with Crippen molar-refractivity contribution in [2.24, 2.45) is 0 Å². The van der Waals surface area contributed by atoms with Crippen LogP contribution >= 0.6 is 11.3 Å². The third kappa shape index (κ3) is 1.99. The zero-order valence-electron chi connectivity index (χ0n) is 6.74. The summed E-state index contributed by atoms with van der Waals surface area (Å²) in [6.45, 7) is 3.83. The lowest BCUT2D eigenvalue weighted by Crippen LogP contribution is -1.94. The van der Waals surface area contributed by atoms with Crippen molar-refractivity contribution in [1.82, 2.24) is 4.98 Å². The highest BCUT2D eigenvalue weighted by Crippen LogP contribution is 2.11. The van der Waals surface area contributed by atoms with Crippen molar-refractivity contribution in [2.45, 2.75) is 6.61 Å². The van der Waals surface area contributed by atoms with Gasteiger partial charge in [0, 0.05) is 12.5 Å². The van der Waals surface area contributed by atoms with Gasteiger partial charge in [0.05, 0.1) is 6.61 Å². The molecule has 1 aromatic heterocycles. The van der Waals surface area contributed by atoms with E-state index in [1.165, 1.54) is 17.4 Å². The maximum absolute atomic E-state index is 11.0. The van der Waals surface area contributed by atoms with Crippen LogP contribution < -0.4 is 0 Å². The van der Waals surface area contributed by atoms with Crippen LogP contribution in [-0.4, -0.2) is 17.9 Å². The maximum Gasteiger partial charge on any atom is 0.204 e. The van der Waals surface area contributed by atoms with Crippen LogP contribution in [0, 0.1) is 0 Å². The quantitative estimate of drug-likeness (QED) is 0.526. The van der Waals surface area contributed by atoms with E-state index in [0.29, 0.717) is 12.3 Å². The van der Waals surface area contributed by atoms with Crippen LogP contribution in [0.3, 0.4) is 0 Å². The second-order valence-electron chi connectivity index (χ2n) is 2.13. The molecule has 0 fully saturated rings. The second-order valence-corrected chi connectivity index (χ2v) is 3.07. The third-order valence-corrected chi connectivity index (χ3v) is 2.08. The fourth-order valence-corrected chi connectivity index (χ4v) is 1.47. The van der Waals surface area contributed by atoms with E-state index in [1.807, 2.05) is 0 Å². The predicted molar refractivity (Wildman–Crippen MR) is 47.4 cm³/mol. The summed E-state index contributed by atoms with van der Waals surface area (Å²) in [5, 5.41) is 2.51. The Morgan fingerprint density at radius 3 is 3.25 bits per heavy atom. The van der Waals surface area contributed by atoms with Crippen molar-refractivity contribution < 1.29 is 9.53 Å². The van der Waals surface area contributed by atoms with Crippen molar-refractivity contribution in [3.63, 3.8) is 0 Å². The van der Waals surface area contributed by atoms with Gasteiger partial charge in [0.2, 0.25) is 5.78 Å². The smallest absolute Gasteiger partial charge is 0.204 e. The first-order valence-corrected chi connectivity index (χ1v) is 4.26. The van der Waals surface area contributed by atoms with E-state index < -0.39 is 0 Å². The largest absolute Gasteiger partial charge is 0.378 e. The molecule has 0 saturated heterocycles. The molecule has 0 aliphatic heterocycles. The van der Waals surface area contributed by atoms with Crippen molar-refractivity contribution in [1.29, 1.82) is 0 Å². The highest BCUT2D eigenvalue weighted by molar-refractivity contribution is 7.09. The summed E-state index contributed by atoms with van der Waals surface area (Å²) in [6.07, 6.45) is 1.26. The summed E-state index contributed by atoms with van der Waals surface area (Å²) < 4.78 is 4.87. The third-order valence-electron chi connectivity index (χ3n) is 1.26. The molecule has 0 amide bonds. The number of aromatic nitrogens is 1. The minimum absolute atomic E-state index is 0.145. The Labute approximate surface area is 74.7 Å². The summed E-state index contributed by atoms with van der Waals surface area (Å²) in [6, 6.07) is 0. The van der Waals surface area contributed by atoms with Crippen molar-refractivity contribution in [2.75, 3.05) is 7.11 Å². The molecule has 12 heavy (non-hydrogen) atoms. The molecule has 0 atom stereocenters. The van der Waals surface area contributed by atoms with E-state index in [4.69, 9.17) is 4.74 Å². The number of ether oxygens (including phenoxy) is 1. The second kappa shape index (κ2) is 4.13. The van der Waals surface area contributed by atoms with E-state index in [1.54, 1.807) is 12.5 Å². The van der Waals surface area contributed by atoms with Gasteiger partial charge in [0.1, 0.15) is 10.7 Å². The molecular formula is C8H9NO2S. The number of carbonyl (C=O) groups is 1. The summed E-state index contributed by atoms with van der Waals surface area (Å²) in [5.41, 5.74) is 0.446. The Hall–Kier alpha value is -1.00. The summed E-state index contributed by atoms with van der Waals surface area (Å²) in [7, 11) is 1.59. The molecule has 3 nitrogen and oxygen atoms in total. The van der Waals surface area contributed by atoms with Crippen LogP contribution in [0.1, 0.15) is 15.5 Å². The predicted octanol–water partition coefficient (Wildman–Crippen LogP) is 1.66. The van der Waals surface area contributed by atoms with Gasteiger partial charge in [-0.3, -0.25) is 4.79 Å². The fraction of sp³-hybridized carbons (Fsp3) is 0.250. The lowest BCUT2D eigenvalue weighted by atomic mass is 10.3. The van der Waals surface area contributed by atoms with Crippen LogP contribution in [0.4, 0.5) is 0 Å². The minimum Gasteiger partial charge on any atom is -0.378 e. The molecule has 0 saturated carbocycles. The van der Waals surface area contributed by atoms with Gasteiger partial charge in [-0.05, 0) is 6.08 Å². The Kier molecular flexibility index (Phi) is 3.13. The summed E-state index contributed by atoms with van der Waals surface area (Å²) >= 11 is 1.41. The van der Waals surface area contributed by atoms with E-state index >= 15 is 0 Å². The van der Waals surface area contributed by atoms with Crippen molar-refractivity contribution in [3.05, 3.63) is 28.7 Å². The number of methoxy groups -OCH3 is 1. The van der Waals surface area contributed by atoms with Crippen LogP contribution in [0.25, 0.3) is 0 Å². The molecule has 4 heteroatoms. The fourth-order valence-electron chi connectivity index (χ4n) is 0.718. The summed E-state index contributed by atoms with van der Waals surface area (Å²) in [5.74, 6) is -0.145. The van der Waals surface area contributed by atoms with Gasteiger partial charge >= 0.3 is 0 Å². The van der Waals surface area contributed by atoms with Gasteiger partial charge in [-0.25, -0.2) is 4.98 Å². The van der Waals surface area contributed by atoms with Gasteiger partial charge in [-0.15, -0.1) is 11.3 Å². The van der Waals surface area contributed by atoms with E-state index in [9.17, 15) is 4.79 Å². The lowest BCUT2D eigenvalue weighted by Gasteiger charge is -1.89. The summed E-state index contributed by atoms with van der Waals surface area (Å²) in [4.78, 5) is 15.1. The van der Waals surface area contributed by atoms with E-state index in [2.05, 4.69) is 11.6 Å². The number of nitrogens with zero attached hydrogens (tertiary/aromatic N) is 1. The Balaban J connectivity index is 2.76. The molecule has 1 rings (SSSR count). The zero-order chi connectivity index (χ0) is 8.97. The Morgan fingerprint density at radius 1 is 1.92 bits per heavy atom. The van der Waals surface area contributed by atoms with Crippen LogP contribution in [-0.2, 0) is 11.3 Å². The Bertz CT molecular complexity index is 293. The Morgan fingerprint density at radius 2 is 2.67 bits per heavy atom. The minimum atomic E-state index is -0.145. The van der Waals surface area contributed by atoms with E-state index in [-0.39, 0.29) is 5.78 Å². The monoisotopic (exact) mass is 183 g/mol. The first-order valence-electron chi connectivity index (χ1n) is 3.38. The zero-order valence-corrected chi connectivity index (χ0v) is 7.56. The van der Waals surface area contributed by atoms with Crippen LogP contribution in [0.2, 0.25) is 0 Å². The normalized spacial score (nSPS) is 9.75. The molecule has 0 unspecified atom stereocenters. The van der Waals surface area contributed by atoms with Gasteiger partial charge in [-0.2, -0.15) is 0 Å². The van der Waals surface area contributed by atoms with Crippen molar-refractivity contribution >= 4 is 17.1 Å². The topological polar surface area (TPSA) is 39.2 Å². The first-order chi connectivity index (χ1) is 5.77. The van der Waals surface area contributed by atoms with Crippen LogP contribution in [0.15, 0.2) is 18.0 Å². The lowest BCUT2D eigenvalue weighted by molar-refractivity contribution is 0.104. The number of rotatable bonds is 4. The molecule has 0 bridgehead atoms. The van der Waals surface area contributed by atoms with Crippen LogP contribution in [0.5, 0.6) is 0 Å². The SMILES string of the molecule is C=CC(=O)c1csc(COC)n1. The first kappa shape index (κ1) is 9.09. The van der Waals surface area contributed by atoms with Gasteiger partial charge in [0.15, 0.2) is 0 Å². The molecule has 0 radical (unpaired) electrons. The molecule has 1 aromatic rings. The molecule has 64 valence electrons. The molecule has 1 heterocycles. The molecule has 0 aromatic carbocycles. The highest BCUT2D eigenvalue weighted by atomic mass is 32.1. The number of thiazole rings is 1. The maximum atomic E-state index is 11.0. The number of hydrogen-bond donors (Lipinski definition) is 0. The number of hydrogen-bond acceptors (Lipinski definition) is 4. The van der Waals surface area contributed by atoms with Gasteiger partial charge in [0.25, 0.3) is 0 Å². The molecular weight excluding hydrogens is 174 g/mol. The average Bonchev–Trinajstić information content (AvgIpc) is 2.52. The van der Waals surface area contributed by atoms with E-state index in [0.717, 1.165) is 5.01 Å². The van der Waals surface area contributed by atoms with Gasteiger partial charge in [-0.1, -0.05) is 6.58 Å². The molecule has 0 aliphatic rings. The molecule has 0 N–H and O–H groups in total. The number of carbonyl (C=O) groups excluding carboxylic acids is 1. The van der Waals surface area contributed by atoms with Gasteiger partial charge < -0.3 is 4.74 Å². The number of allylic oxidation sites excluding steroid dienone is 1.